The van der Waals surface area contributed by atoms with Gasteiger partial charge in [0.1, 0.15) is 0 Å². The zero-order chi connectivity index (χ0) is 32.1. The molecule has 0 N–H and O–H groups in total. The van der Waals surface area contributed by atoms with Gasteiger partial charge in [0, 0.05) is 60.2 Å². The molecule has 0 amide bonds. The predicted molar refractivity (Wildman–Crippen MR) is 207 cm³/mol. The average Bonchev–Trinajstić information content (AvgIpc) is 3.81. The van der Waals surface area contributed by atoms with E-state index in [1.54, 1.807) is 0 Å². The monoisotopic (exact) mass is 623 g/mol. The Labute approximate surface area is 282 Å². The summed E-state index contributed by atoms with van der Waals surface area (Å²) in [5.41, 5.74) is 10.8. The standard InChI is InChI=1S/C46H29N3/c1-3-13-30(14-4-1)47-41-20-10-9-19-35(41)40-29-32(23-28-44(40)47)49-43-22-12-8-18-34(43)37-25-26-38-39(46(37)49)27-24-36-33-17-7-11-21-42(33)48(45(36)38)31-15-5-2-6-16-31/h1-29H. The fraction of sp³-hybridized carbons (Fsp3) is 0. The first-order valence-electron chi connectivity index (χ1n) is 16.9. The van der Waals surface area contributed by atoms with Crippen molar-refractivity contribution in [3.63, 3.8) is 0 Å². The summed E-state index contributed by atoms with van der Waals surface area (Å²) in [6.07, 6.45) is 0. The van der Waals surface area contributed by atoms with Gasteiger partial charge in [-0.1, -0.05) is 115 Å². The Morgan fingerprint density at radius 1 is 0.224 bits per heavy atom. The van der Waals surface area contributed by atoms with Crippen molar-refractivity contribution < 1.29 is 0 Å². The molecular weight excluding hydrogens is 595 g/mol. The molecule has 3 nitrogen and oxygen atoms in total. The van der Waals surface area contributed by atoms with Crippen LogP contribution in [-0.4, -0.2) is 13.7 Å². The number of para-hydroxylation sites is 5. The van der Waals surface area contributed by atoms with Gasteiger partial charge in [-0.15, -0.1) is 0 Å². The Balaban J connectivity index is 1.27. The van der Waals surface area contributed by atoms with Crippen molar-refractivity contribution in [2.45, 2.75) is 0 Å². The number of hydrogen-bond donors (Lipinski definition) is 0. The minimum atomic E-state index is 1.16. The van der Waals surface area contributed by atoms with Crippen molar-refractivity contribution in [3.05, 3.63) is 176 Å². The number of nitrogens with zero attached hydrogens (tertiary/aromatic N) is 3. The molecule has 11 aromatic rings. The van der Waals surface area contributed by atoms with Crippen molar-refractivity contribution in [2.75, 3.05) is 0 Å². The Morgan fingerprint density at radius 2 is 0.592 bits per heavy atom. The van der Waals surface area contributed by atoms with E-state index in [1.807, 2.05) is 0 Å². The lowest BCUT2D eigenvalue weighted by molar-refractivity contribution is 1.17. The summed E-state index contributed by atoms with van der Waals surface area (Å²) in [6, 6.07) is 64.2. The number of benzene rings is 8. The molecule has 0 unspecified atom stereocenters. The summed E-state index contributed by atoms with van der Waals surface area (Å²) < 4.78 is 7.31. The summed E-state index contributed by atoms with van der Waals surface area (Å²) in [7, 11) is 0. The summed E-state index contributed by atoms with van der Waals surface area (Å²) >= 11 is 0. The quantitative estimate of drug-likeness (QED) is 0.186. The predicted octanol–water partition coefficient (Wildman–Crippen LogP) is 12.1. The third-order valence-corrected chi connectivity index (χ3v) is 10.4. The van der Waals surface area contributed by atoms with Gasteiger partial charge in [0.15, 0.2) is 0 Å². The van der Waals surface area contributed by atoms with Gasteiger partial charge >= 0.3 is 0 Å². The van der Waals surface area contributed by atoms with Gasteiger partial charge < -0.3 is 13.7 Å². The van der Waals surface area contributed by atoms with Crippen LogP contribution in [0.4, 0.5) is 0 Å². The van der Waals surface area contributed by atoms with E-state index in [1.165, 1.54) is 87.6 Å². The lowest BCUT2D eigenvalue weighted by Gasteiger charge is -2.13. The van der Waals surface area contributed by atoms with Crippen LogP contribution in [0.2, 0.25) is 0 Å². The lowest BCUT2D eigenvalue weighted by Crippen LogP contribution is -1.97. The van der Waals surface area contributed by atoms with Gasteiger partial charge in [-0.3, -0.25) is 0 Å². The average molecular weight is 624 g/mol. The normalized spacial score (nSPS) is 12.1. The molecule has 0 saturated carbocycles. The van der Waals surface area contributed by atoms with E-state index in [2.05, 4.69) is 190 Å². The van der Waals surface area contributed by atoms with Crippen LogP contribution in [0, 0.1) is 0 Å². The Morgan fingerprint density at radius 3 is 1.12 bits per heavy atom. The van der Waals surface area contributed by atoms with E-state index >= 15 is 0 Å². The third-order valence-electron chi connectivity index (χ3n) is 10.4. The van der Waals surface area contributed by atoms with Crippen LogP contribution in [-0.2, 0) is 0 Å². The Hall–Kier alpha value is -6.58. The van der Waals surface area contributed by atoms with E-state index in [9.17, 15) is 0 Å². The van der Waals surface area contributed by atoms with Crippen LogP contribution < -0.4 is 0 Å². The topological polar surface area (TPSA) is 14.8 Å². The van der Waals surface area contributed by atoms with Crippen LogP contribution in [0.5, 0.6) is 0 Å². The minimum absolute atomic E-state index is 1.16. The van der Waals surface area contributed by atoms with E-state index in [-0.39, 0.29) is 0 Å². The molecule has 8 aromatic carbocycles. The van der Waals surface area contributed by atoms with Gasteiger partial charge in [0.25, 0.3) is 0 Å². The van der Waals surface area contributed by atoms with Crippen molar-refractivity contribution in [2.24, 2.45) is 0 Å². The highest BCUT2D eigenvalue weighted by Crippen LogP contribution is 2.43. The maximum absolute atomic E-state index is 2.49. The van der Waals surface area contributed by atoms with Crippen LogP contribution in [0.25, 0.3) is 93.3 Å². The molecule has 11 rings (SSSR count). The third kappa shape index (κ3) is 3.62. The molecule has 0 aliphatic carbocycles. The van der Waals surface area contributed by atoms with Crippen LogP contribution in [0.3, 0.4) is 0 Å². The number of fused-ring (bicyclic) bond motifs is 12. The SMILES string of the molecule is c1ccc(-n2c3ccccc3c3cc(-n4c5ccccc5c5ccc6c(ccc7c8ccccc8n(-c8ccccc8)c76)c54)ccc32)cc1. The lowest BCUT2D eigenvalue weighted by atomic mass is 10.0. The number of aromatic nitrogens is 3. The largest absolute Gasteiger partial charge is 0.309 e. The zero-order valence-electron chi connectivity index (χ0n) is 26.6. The van der Waals surface area contributed by atoms with Crippen molar-refractivity contribution in [3.8, 4) is 17.1 Å². The Bertz CT molecular complexity index is 3090. The van der Waals surface area contributed by atoms with Gasteiger partial charge in [0.05, 0.1) is 33.1 Å². The molecule has 3 aromatic heterocycles. The molecule has 0 spiro atoms. The highest BCUT2D eigenvalue weighted by Gasteiger charge is 2.21. The van der Waals surface area contributed by atoms with E-state index in [0.29, 0.717) is 0 Å². The van der Waals surface area contributed by atoms with Gasteiger partial charge in [-0.25, -0.2) is 0 Å². The molecule has 0 aliphatic rings. The number of hydrogen-bond acceptors (Lipinski definition) is 0. The van der Waals surface area contributed by atoms with Crippen LogP contribution >= 0.6 is 0 Å². The summed E-state index contributed by atoms with van der Waals surface area (Å²) in [5, 5.41) is 10.0. The first-order valence-corrected chi connectivity index (χ1v) is 16.9. The second kappa shape index (κ2) is 9.96. The highest BCUT2D eigenvalue weighted by atomic mass is 15.0. The molecule has 0 atom stereocenters. The molecule has 0 radical (unpaired) electrons. The summed E-state index contributed by atoms with van der Waals surface area (Å²) in [6.45, 7) is 0. The summed E-state index contributed by atoms with van der Waals surface area (Å²) in [5.74, 6) is 0. The van der Waals surface area contributed by atoms with Gasteiger partial charge in [0.2, 0.25) is 0 Å². The molecule has 0 fully saturated rings. The fourth-order valence-corrected chi connectivity index (χ4v) is 8.39. The maximum atomic E-state index is 2.49. The smallest absolute Gasteiger partial charge is 0.0620 e. The van der Waals surface area contributed by atoms with Crippen LogP contribution in [0.1, 0.15) is 0 Å². The van der Waals surface area contributed by atoms with E-state index in [0.717, 1.165) is 5.69 Å². The molecule has 3 heterocycles. The first-order chi connectivity index (χ1) is 24.3. The number of rotatable bonds is 3. The molecule has 0 saturated heterocycles. The second-order valence-electron chi connectivity index (χ2n) is 12.9. The van der Waals surface area contributed by atoms with E-state index in [4.69, 9.17) is 0 Å². The van der Waals surface area contributed by atoms with Crippen molar-refractivity contribution in [1.29, 1.82) is 0 Å². The zero-order valence-corrected chi connectivity index (χ0v) is 26.6. The Kier molecular flexibility index (Phi) is 5.38. The molecule has 49 heavy (non-hydrogen) atoms. The van der Waals surface area contributed by atoms with Crippen molar-refractivity contribution in [1.82, 2.24) is 13.7 Å². The van der Waals surface area contributed by atoms with E-state index < -0.39 is 0 Å². The van der Waals surface area contributed by atoms with Crippen molar-refractivity contribution >= 4 is 76.2 Å². The molecule has 0 aliphatic heterocycles. The molecule has 3 heteroatoms. The van der Waals surface area contributed by atoms with Crippen LogP contribution in [0.15, 0.2) is 176 Å². The molecule has 228 valence electrons. The first kappa shape index (κ1) is 26.5. The van der Waals surface area contributed by atoms with Gasteiger partial charge in [-0.2, -0.15) is 0 Å². The summed E-state index contributed by atoms with van der Waals surface area (Å²) in [4.78, 5) is 0. The molecular formula is C46H29N3. The second-order valence-corrected chi connectivity index (χ2v) is 12.9. The molecule has 0 bridgehead atoms. The minimum Gasteiger partial charge on any atom is -0.309 e. The van der Waals surface area contributed by atoms with Gasteiger partial charge in [-0.05, 0) is 60.7 Å². The fourth-order valence-electron chi connectivity index (χ4n) is 8.39. The highest BCUT2D eigenvalue weighted by molar-refractivity contribution is 6.26. The maximum Gasteiger partial charge on any atom is 0.0620 e.